The van der Waals surface area contributed by atoms with Crippen molar-refractivity contribution in [2.24, 2.45) is 0 Å². The van der Waals surface area contributed by atoms with Crippen molar-refractivity contribution in [2.75, 3.05) is 13.2 Å². The molecule has 1 aliphatic rings. The highest BCUT2D eigenvalue weighted by atomic mass is 35.5. The molecule has 4 nitrogen and oxygen atoms in total. The van der Waals surface area contributed by atoms with Crippen LogP contribution in [-0.2, 0) is 20.5 Å². The van der Waals surface area contributed by atoms with Crippen LogP contribution in [0.5, 0.6) is 0 Å². The van der Waals surface area contributed by atoms with Gasteiger partial charge < -0.3 is 4.74 Å². The van der Waals surface area contributed by atoms with Crippen LogP contribution in [0.2, 0.25) is 5.02 Å². The molecule has 0 bridgehead atoms. The Hall–Kier alpha value is -1.40. The van der Waals surface area contributed by atoms with E-state index < -0.39 is 10.0 Å². The maximum absolute atomic E-state index is 12.9. The average molecular weight is 366 g/mol. The zero-order chi connectivity index (χ0) is 17.2. The average Bonchev–Trinajstić information content (AvgIpc) is 2.58. The van der Waals surface area contributed by atoms with Gasteiger partial charge in [-0.1, -0.05) is 60.1 Å². The van der Waals surface area contributed by atoms with Crippen LogP contribution < -0.4 is 0 Å². The van der Waals surface area contributed by atoms with Crippen LogP contribution in [-0.4, -0.2) is 31.9 Å². The second kappa shape index (κ2) is 7.23. The Kier molecular flexibility index (Phi) is 5.25. The van der Waals surface area contributed by atoms with Gasteiger partial charge in [0, 0.05) is 17.6 Å². The van der Waals surface area contributed by atoms with E-state index in [0.717, 1.165) is 5.56 Å². The van der Waals surface area contributed by atoms with Crippen molar-refractivity contribution in [2.45, 2.75) is 24.8 Å². The highest BCUT2D eigenvalue weighted by Crippen LogP contribution is 2.28. The van der Waals surface area contributed by atoms with E-state index in [1.54, 1.807) is 24.3 Å². The Morgan fingerprint density at radius 1 is 1.12 bits per heavy atom. The van der Waals surface area contributed by atoms with Gasteiger partial charge in [-0.2, -0.15) is 4.31 Å². The summed E-state index contributed by atoms with van der Waals surface area (Å²) in [5.41, 5.74) is 1.61. The smallest absolute Gasteiger partial charge is 0.218 e. The molecule has 128 valence electrons. The van der Waals surface area contributed by atoms with E-state index in [9.17, 15) is 8.42 Å². The van der Waals surface area contributed by atoms with E-state index >= 15 is 0 Å². The quantitative estimate of drug-likeness (QED) is 0.831. The summed E-state index contributed by atoms with van der Waals surface area (Å²) >= 11 is 6.12. The Balaban J connectivity index is 1.82. The third-order valence-corrected chi connectivity index (χ3v) is 6.47. The molecule has 24 heavy (non-hydrogen) atoms. The molecule has 0 aliphatic carbocycles. The van der Waals surface area contributed by atoms with Gasteiger partial charge in [-0.3, -0.25) is 0 Å². The van der Waals surface area contributed by atoms with Crippen molar-refractivity contribution in [1.82, 2.24) is 4.31 Å². The lowest BCUT2D eigenvalue weighted by atomic mass is 10.1. The number of hydrogen-bond acceptors (Lipinski definition) is 3. The first kappa shape index (κ1) is 17.4. The zero-order valence-electron chi connectivity index (χ0n) is 13.4. The molecule has 0 spiro atoms. The van der Waals surface area contributed by atoms with E-state index in [0.29, 0.717) is 23.7 Å². The summed E-state index contributed by atoms with van der Waals surface area (Å²) in [6.07, 6.45) is -0.247. The maximum atomic E-state index is 12.9. The largest absolute Gasteiger partial charge is 0.370 e. The van der Waals surface area contributed by atoms with Gasteiger partial charge in [-0.05, 0) is 24.1 Å². The Morgan fingerprint density at radius 2 is 1.79 bits per heavy atom. The lowest BCUT2D eigenvalue weighted by molar-refractivity contribution is -0.0289. The summed E-state index contributed by atoms with van der Waals surface area (Å²) in [6, 6.07) is 16.6. The van der Waals surface area contributed by atoms with Crippen LogP contribution in [0, 0.1) is 0 Å². The number of benzene rings is 2. The SMILES string of the molecule is CC1COC(c2ccccc2)CN1S(=O)(=O)Cc1ccccc1Cl. The standard InChI is InChI=1S/C18H20ClNO3S/c1-14-12-23-18(15-7-3-2-4-8-15)11-20(14)24(21,22)13-16-9-5-6-10-17(16)19/h2-10,14,18H,11-13H2,1H3. The summed E-state index contributed by atoms with van der Waals surface area (Å²) in [5, 5.41) is 0.474. The number of morpholine rings is 1. The van der Waals surface area contributed by atoms with Gasteiger partial charge in [0.2, 0.25) is 10.0 Å². The minimum Gasteiger partial charge on any atom is -0.370 e. The fraction of sp³-hybridized carbons (Fsp3) is 0.333. The minimum atomic E-state index is -3.48. The van der Waals surface area contributed by atoms with Gasteiger partial charge in [-0.15, -0.1) is 0 Å². The minimum absolute atomic E-state index is 0.0987. The first-order chi connectivity index (χ1) is 11.5. The molecule has 0 aromatic heterocycles. The lowest BCUT2D eigenvalue weighted by Gasteiger charge is -2.37. The topological polar surface area (TPSA) is 46.6 Å². The highest BCUT2D eigenvalue weighted by Gasteiger charge is 2.35. The second-order valence-corrected chi connectivity index (χ2v) is 8.33. The summed E-state index contributed by atoms with van der Waals surface area (Å²) in [4.78, 5) is 0. The lowest BCUT2D eigenvalue weighted by Crippen LogP contribution is -2.48. The second-order valence-electron chi connectivity index (χ2n) is 6.00. The van der Waals surface area contributed by atoms with E-state index in [4.69, 9.17) is 16.3 Å². The van der Waals surface area contributed by atoms with Gasteiger partial charge in [-0.25, -0.2) is 8.42 Å². The van der Waals surface area contributed by atoms with Crippen molar-refractivity contribution >= 4 is 21.6 Å². The third-order valence-electron chi connectivity index (χ3n) is 4.20. The molecule has 2 atom stereocenters. The van der Waals surface area contributed by atoms with E-state index in [-0.39, 0.29) is 17.9 Å². The Labute approximate surface area is 148 Å². The van der Waals surface area contributed by atoms with Crippen molar-refractivity contribution < 1.29 is 13.2 Å². The normalized spacial score (nSPS) is 22.4. The summed E-state index contributed by atoms with van der Waals surface area (Å²) < 4.78 is 33.2. The van der Waals surface area contributed by atoms with E-state index in [2.05, 4.69) is 0 Å². The summed E-state index contributed by atoms with van der Waals surface area (Å²) in [6.45, 7) is 2.56. The first-order valence-electron chi connectivity index (χ1n) is 7.87. The molecule has 1 fully saturated rings. The molecule has 2 unspecified atom stereocenters. The molecular weight excluding hydrogens is 346 g/mol. The Bertz CT molecular complexity index is 795. The number of halogens is 1. The predicted molar refractivity (Wildman–Crippen MR) is 95.4 cm³/mol. The molecule has 2 aromatic carbocycles. The van der Waals surface area contributed by atoms with Crippen molar-refractivity contribution in [3.63, 3.8) is 0 Å². The summed E-state index contributed by atoms with van der Waals surface area (Å²) in [7, 11) is -3.48. The van der Waals surface area contributed by atoms with Crippen LogP contribution in [0.15, 0.2) is 54.6 Å². The van der Waals surface area contributed by atoms with Gasteiger partial charge in [0.25, 0.3) is 0 Å². The number of rotatable bonds is 4. The zero-order valence-corrected chi connectivity index (χ0v) is 15.0. The molecule has 3 rings (SSSR count). The monoisotopic (exact) mass is 365 g/mol. The fourth-order valence-electron chi connectivity index (χ4n) is 2.89. The van der Waals surface area contributed by atoms with E-state index in [1.807, 2.05) is 37.3 Å². The molecule has 2 aromatic rings. The molecule has 0 amide bonds. The van der Waals surface area contributed by atoms with Crippen molar-refractivity contribution in [3.8, 4) is 0 Å². The number of sulfonamides is 1. The maximum Gasteiger partial charge on any atom is 0.218 e. The molecule has 0 saturated carbocycles. The predicted octanol–water partition coefficient (Wildman–Crippen LogP) is 3.63. The van der Waals surface area contributed by atoms with Crippen molar-refractivity contribution in [3.05, 3.63) is 70.7 Å². The van der Waals surface area contributed by atoms with Crippen LogP contribution in [0.25, 0.3) is 0 Å². The molecule has 0 N–H and O–H groups in total. The van der Waals surface area contributed by atoms with Crippen LogP contribution >= 0.6 is 11.6 Å². The molecule has 1 saturated heterocycles. The molecule has 1 aliphatic heterocycles. The van der Waals surface area contributed by atoms with Crippen LogP contribution in [0.1, 0.15) is 24.2 Å². The van der Waals surface area contributed by atoms with Crippen LogP contribution in [0.4, 0.5) is 0 Å². The van der Waals surface area contributed by atoms with E-state index in [1.165, 1.54) is 4.31 Å². The van der Waals surface area contributed by atoms with Gasteiger partial charge in [0.1, 0.15) is 0 Å². The van der Waals surface area contributed by atoms with Gasteiger partial charge in [0.15, 0.2) is 0 Å². The van der Waals surface area contributed by atoms with Gasteiger partial charge >= 0.3 is 0 Å². The molecule has 0 radical (unpaired) electrons. The highest BCUT2D eigenvalue weighted by molar-refractivity contribution is 7.88. The number of nitrogens with zero attached hydrogens (tertiary/aromatic N) is 1. The third kappa shape index (κ3) is 3.81. The van der Waals surface area contributed by atoms with Gasteiger partial charge in [0.05, 0.1) is 18.5 Å². The first-order valence-corrected chi connectivity index (χ1v) is 9.85. The van der Waals surface area contributed by atoms with Crippen molar-refractivity contribution in [1.29, 1.82) is 0 Å². The fourth-order valence-corrected chi connectivity index (χ4v) is 4.95. The van der Waals surface area contributed by atoms with Crippen LogP contribution in [0.3, 0.4) is 0 Å². The molecular formula is C18H20ClNO3S. The Morgan fingerprint density at radius 3 is 2.50 bits per heavy atom. The summed E-state index contributed by atoms with van der Waals surface area (Å²) in [5.74, 6) is -0.0987. The molecule has 6 heteroatoms. The molecule has 1 heterocycles. The number of ether oxygens (including phenoxy) is 1. The number of hydrogen-bond donors (Lipinski definition) is 0.